The van der Waals surface area contributed by atoms with Gasteiger partial charge in [-0.25, -0.2) is 18.7 Å². The number of carbonyl (C=O) groups is 1. The normalized spacial score (nSPS) is 13.7. The number of aromatic nitrogens is 2. The zero-order chi connectivity index (χ0) is 24.7. The molecule has 0 spiro atoms. The van der Waals surface area contributed by atoms with Crippen LogP contribution in [0.2, 0.25) is 0 Å². The van der Waals surface area contributed by atoms with Crippen molar-refractivity contribution in [3.05, 3.63) is 47.6 Å². The van der Waals surface area contributed by atoms with Crippen LogP contribution in [0.3, 0.4) is 0 Å². The highest BCUT2D eigenvalue weighted by Crippen LogP contribution is 2.31. The average molecular weight is 478 g/mol. The topological polar surface area (TPSA) is 142 Å². The summed E-state index contributed by atoms with van der Waals surface area (Å²) < 4.78 is 44.0. The molecule has 0 unspecified atom stereocenters. The molecule has 13 heteroatoms. The Morgan fingerprint density at radius 3 is 2.38 bits per heavy atom. The molecule has 4 N–H and O–H groups in total. The Morgan fingerprint density at radius 2 is 1.85 bits per heavy atom. The molecule has 2 aromatic rings. The van der Waals surface area contributed by atoms with E-state index in [2.05, 4.69) is 20.6 Å². The molecule has 0 aliphatic carbocycles. The maximum Gasteiger partial charge on any atom is 0.242 e. The van der Waals surface area contributed by atoms with E-state index in [0.717, 1.165) is 12.3 Å². The van der Waals surface area contributed by atoms with Crippen LogP contribution in [0.25, 0.3) is 0 Å². The van der Waals surface area contributed by atoms with E-state index in [-0.39, 0.29) is 46.9 Å². The largest absolute Gasteiger partial charge is 0.494 e. The lowest BCUT2D eigenvalue weighted by Crippen LogP contribution is -2.55. The fourth-order valence-electron chi connectivity index (χ4n) is 2.94. The number of β-amino-alcohol motifs (C(OH)–C–C–N with tert-alkyl or cyclic N) is 1. The zero-order valence-electron chi connectivity index (χ0n) is 18.5. The van der Waals surface area contributed by atoms with E-state index < -0.39 is 24.3 Å². The maximum absolute atomic E-state index is 14.4. The third-order valence-electron chi connectivity index (χ3n) is 4.81. The lowest BCUT2D eigenvalue weighted by Gasteiger charge is -2.35. The van der Waals surface area contributed by atoms with Crippen LogP contribution < -0.4 is 24.8 Å². The van der Waals surface area contributed by atoms with Gasteiger partial charge in [-0.1, -0.05) is 0 Å². The number of ether oxygens (including phenoxy) is 3. The summed E-state index contributed by atoms with van der Waals surface area (Å²) in [4.78, 5) is 21.4. The Bertz CT molecular complexity index is 1030. The Kier molecular flexibility index (Phi) is 8.14. The van der Waals surface area contributed by atoms with Crippen molar-refractivity contribution in [2.24, 2.45) is 0 Å². The summed E-state index contributed by atoms with van der Waals surface area (Å²) in [6, 6.07) is 1.10. The van der Waals surface area contributed by atoms with Crippen molar-refractivity contribution in [1.82, 2.24) is 20.2 Å². The number of hydrogen-bond donors (Lipinski definition) is 4. The van der Waals surface area contributed by atoms with Crippen LogP contribution in [0.15, 0.2) is 30.4 Å². The molecule has 0 saturated carbocycles. The number of likely N-dealkylation sites (tertiary alicyclic amines) is 1. The van der Waals surface area contributed by atoms with Gasteiger partial charge in [0.2, 0.25) is 11.9 Å². The van der Waals surface area contributed by atoms with Crippen molar-refractivity contribution in [2.75, 3.05) is 39.2 Å². The Labute approximate surface area is 193 Å². The van der Waals surface area contributed by atoms with E-state index >= 15 is 0 Å². The van der Waals surface area contributed by atoms with Crippen molar-refractivity contribution >= 4 is 18.1 Å². The minimum absolute atomic E-state index is 0.00154. The van der Waals surface area contributed by atoms with Crippen LogP contribution >= 0.6 is 0 Å². The molecule has 0 bridgehead atoms. The molecule has 3 rings (SSSR count). The summed E-state index contributed by atoms with van der Waals surface area (Å²) in [5, 5.41) is 22.3. The van der Waals surface area contributed by atoms with Gasteiger partial charge in [-0.3, -0.25) is 4.79 Å². The second kappa shape index (κ2) is 11.2. The number of nitrogens with one attached hydrogen (secondary N) is 3. The Hall–Kier alpha value is -4.00. The molecule has 1 fully saturated rings. The van der Waals surface area contributed by atoms with Gasteiger partial charge in [0.1, 0.15) is 6.61 Å². The highest BCUT2D eigenvalue weighted by Gasteiger charge is 2.28. The number of allylic oxidation sites excluding steroid dienone is 1. The first-order valence-corrected chi connectivity index (χ1v) is 10.1. The number of aliphatic hydroxyl groups excluding tert-OH is 1. The number of anilines is 1. The first kappa shape index (κ1) is 24.6. The fourth-order valence-corrected chi connectivity index (χ4v) is 2.94. The van der Waals surface area contributed by atoms with Gasteiger partial charge in [-0.05, 0) is 0 Å². The quantitative estimate of drug-likeness (QED) is 0.349. The molecule has 1 aromatic carbocycles. The molecular formula is C21H24F2N6O5. The third-order valence-corrected chi connectivity index (χ3v) is 4.81. The van der Waals surface area contributed by atoms with Crippen LogP contribution in [-0.4, -0.2) is 72.1 Å². The summed E-state index contributed by atoms with van der Waals surface area (Å²) in [6.07, 6.45) is 4.52. The van der Waals surface area contributed by atoms with Crippen LogP contribution in [0.1, 0.15) is 5.56 Å². The smallest absolute Gasteiger partial charge is 0.242 e. The lowest BCUT2D eigenvalue weighted by molar-refractivity contribution is -0.140. The van der Waals surface area contributed by atoms with E-state index in [1.165, 1.54) is 37.7 Å². The number of nitrogens with zero attached hydrogens (tertiary/aromatic N) is 3. The van der Waals surface area contributed by atoms with Gasteiger partial charge in [0.25, 0.3) is 0 Å². The number of hydrogen-bond acceptors (Lipinski definition) is 10. The van der Waals surface area contributed by atoms with Crippen LogP contribution in [-0.2, 0) is 11.4 Å². The fraction of sp³-hybridized carbons (Fsp3) is 0.333. The summed E-state index contributed by atoms with van der Waals surface area (Å²) in [5.74, 6) is -2.08. The molecule has 34 heavy (non-hydrogen) atoms. The van der Waals surface area contributed by atoms with E-state index in [9.17, 15) is 18.7 Å². The lowest BCUT2D eigenvalue weighted by atomic mass is 10.1. The number of methoxy groups -OCH3 is 2. The summed E-state index contributed by atoms with van der Waals surface area (Å²) in [5.41, 5.74) is -0.0986. The minimum atomic E-state index is -0.906. The highest BCUT2D eigenvalue weighted by molar-refractivity contribution is 5.81. The third kappa shape index (κ3) is 5.86. The van der Waals surface area contributed by atoms with Gasteiger partial charge in [-0.2, -0.15) is 0 Å². The average Bonchev–Trinajstić information content (AvgIpc) is 2.82. The van der Waals surface area contributed by atoms with Gasteiger partial charge >= 0.3 is 0 Å². The van der Waals surface area contributed by atoms with E-state index in [4.69, 9.17) is 19.6 Å². The van der Waals surface area contributed by atoms with Gasteiger partial charge in [0, 0.05) is 31.6 Å². The SMILES string of the molecule is COc1cc(OC)c(F)c(COc2cnc(N/C(C=N)=C/NCC(=O)N3CC(O)C3)nc2)c1F. The monoisotopic (exact) mass is 478 g/mol. The molecule has 182 valence electrons. The predicted molar refractivity (Wildman–Crippen MR) is 117 cm³/mol. The Morgan fingerprint density at radius 1 is 1.24 bits per heavy atom. The van der Waals surface area contributed by atoms with Gasteiger partial charge in [-0.15, -0.1) is 0 Å². The second-order valence-corrected chi connectivity index (χ2v) is 7.12. The van der Waals surface area contributed by atoms with Crippen LogP contribution in [0, 0.1) is 17.0 Å². The van der Waals surface area contributed by atoms with Crippen LogP contribution in [0.5, 0.6) is 17.2 Å². The molecule has 1 aliphatic rings. The van der Waals surface area contributed by atoms with E-state index in [1.54, 1.807) is 0 Å². The standard InChI is InChI=1S/C21H24F2N6O5/c1-32-16-3-17(33-2)20(23)15(19(16)22)11-34-14-6-26-21(27-7-14)28-12(4-24)5-25-8-18(31)29-9-13(30)10-29/h3-7,13,24-25,30H,8-11H2,1-2H3,(H,26,27,28)/b12-5+,24-4?. The van der Waals surface area contributed by atoms with Crippen molar-refractivity contribution in [2.45, 2.75) is 12.7 Å². The number of carbonyl (C=O) groups excluding carboxylic acids is 1. The molecule has 1 aromatic heterocycles. The van der Waals surface area contributed by atoms with Gasteiger partial charge in [0.15, 0.2) is 28.9 Å². The highest BCUT2D eigenvalue weighted by atomic mass is 19.1. The maximum atomic E-state index is 14.4. The zero-order valence-corrected chi connectivity index (χ0v) is 18.5. The minimum Gasteiger partial charge on any atom is -0.494 e. The van der Waals surface area contributed by atoms with Crippen molar-refractivity contribution < 1.29 is 32.9 Å². The number of benzene rings is 1. The number of aliphatic hydroxyl groups is 1. The molecule has 1 amide bonds. The van der Waals surface area contributed by atoms with E-state index in [0.29, 0.717) is 13.1 Å². The molecule has 2 heterocycles. The van der Waals surface area contributed by atoms with Crippen LogP contribution in [0.4, 0.5) is 14.7 Å². The summed E-state index contributed by atoms with van der Waals surface area (Å²) in [6.45, 7) is 0.167. The molecule has 1 aliphatic heterocycles. The molecule has 0 atom stereocenters. The summed E-state index contributed by atoms with van der Waals surface area (Å²) in [7, 11) is 2.50. The molecule has 11 nitrogen and oxygen atoms in total. The number of halogens is 2. The van der Waals surface area contributed by atoms with Crippen molar-refractivity contribution in [3.63, 3.8) is 0 Å². The second-order valence-electron chi connectivity index (χ2n) is 7.12. The molecular weight excluding hydrogens is 454 g/mol. The Balaban J connectivity index is 1.56. The van der Waals surface area contributed by atoms with Gasteiger partial charge < -0.3 is 40.3 Å². The number of amides is 1. The first-order chi connectivity index (χ1) is 16.4. The molecule has 1 saturated heterocycles. The summed E-state index contributed by atoms with van der Waals surface area (Å²) >= 11 is 0. The molecule has 0 radical (unpaired) electrons. The van der Waals surface area contributed by atoms with Crippen molar-refractivity contribution in [3.8, 4) is 17.2 Å². The van der Waals surface area contributed by atoms with Gasteiger partial charge in [0.05, 0.1) is 50.5 Å². The van der Waals surface area contributed by atoms with E-state index in [1.807, 2.05) is 0 Å². The predicted octanol–water partition coefficient (Wildman–Crippen LogP) is 1.05. The first-order valence-electron chi connectivity index (χ1n) is 10.1. The van der Waals surface area contributed by atoms with Crippen molar-refractivity contribution in [1.29, 1.82) is 5.41 Å². The number of rotatable bonds is 11.